The van der Waals surface area contributed by atoms with E-state index in [1.807, 2.05) is 18.2 Å². The Morgan fingerprint density at radius 2 is 1.81 bits per heavy atom. The Morgan fingerprint density at radius 3 is 2.59 bits per heavy atom. The van der Waals surface area contributed by atoms with Gasteiger partial charge in [-0.15, -0.1) is 0 Å². The molecule has 0 aliphatic heterocycles. The van der Waals surface area contributed by atoms with Gasteiger partial charge < -0.3 is 15.0 Å². The third-order valence-corrected chi connectivity index (χ3v) is 5.92. The summed E-state index contributed by atoms with van der Waals surface area (Å²) in [6.07, 6.45) is 1.11. The Kier molecular flexibility index (Phi) is 4.67. The minimum atomic E-state index is -3.38. The predicted octanol–water partition coefficient (Wildman–Crippen LogP) is 5.30. The van der Waals surface area contributed by atoms with Crippen LogP contribution in [0.25, 0.3) is 32.8 Å². The van der Waals surface area contributed by atoms with Crippen LogP contribution in [0.15, 0.2) is 60.7 Å². The van der Waals surface area contributed by atoms with Crippen LogP contribution in [-0.4, -0.2) is 31.8 Å². The molecule has 0 saturated carbocycles. The number of hydrogen-bond donors (Lipinski definition) is 3. The predicted molar refractivity (Wildman–Crippen MR) is 131 cm³/mol. The standard InChI is InChI=1S/C24H22N4O3S/c1-14-7-8-15-12-21-24(27-20(15)11-14)23-18(5-4-6-19(23)26-21)25-17-10-9-16(13-22(17)31-2)28-32(3,29)30/h4-13,25-26,28H,1-3H3. The van der Waals surface area contributed by atoms with Crippen molar-refractivity contribution in [3.05, 3.63) is 66.2 Å². The van der Waals surface area contributed by atoms with Gasteiger partial charge in [-0.1, -0.05) is 18.2 Å². The molecule has 5 rings (SSSR count). The first-order chi connectivity index (χ1) is 15.3. The van der Waals surface area contributed by atoms with E-state index in [9.17, 15) is 8.42 Å². The van der Waals surface area contributed by atoms with Gasteiger partial charge in [0, 0.05) is 16.8 Å². The first-order valence-electron chi connectivity index (χ1n) is 10.1. The highest BCUT2D eigenvalue weighted by Gasteiger charge is 2.14. The molecule has 0 unspecified atom stereocenters. The third kappa shape index (κ3) is 3.69. The van der Waals surface area contributed by atoms with Crippen LogP contribution in [-0.2, 0) is 10.0 Å². The number of nitrogens with one attached hydrogen (secondary N) is 3. The molecule has 0 fully saturated rings. The largest absolute Gasteiger partial charge is 0.494 e. The van der Waals surface area contributed by atoms with Crippen molar-refractivity contribution in [2.75, 3.05) is 23.4 Å². The zero-order valence-corrected chi connectivity index (χ0v) is 18.7. The number of ether oxygens (including phenoxy) is 1. The fraction of sp³-hybridized carbons (Fsp3) is 0.125. The lowest BCUT2D eigenvalue weighted by molar-refractivity contribution is 0.417. The molecule has 0 spiro atoms. The average molecular weight is 447 g/mol. The Balaban J connectivity index is 1.63. The summed E-state index contributed by atoms with van der Waals surface area (Å²) in [5.74, 6) is 0.518. The van der Waals surface area contributed by atoms with Gasteiger partial charge >= 0.3 is 0 Å². The van der Waals surface area contributed by atoms with Gasteiger partial charge in [-0.3, -0.25) is 4.72 Å². The molecule has 7 nitrogen and oxygen atoms in total. The second-order valence-electron chi connectivity index (χ2n) is 7.85. The number of pyridine rings is 1. The number of aromatic nitrogens is 2. The number of rotatable bonds is 5. The lowest BCUT2D eigenvalue weighted by atomic mass is 10.1. The molecule has 0 radical (unpaired) electrons. The van der Waals surface area contributed by atoms with Crippen LogP contribution in [0.1, 0.15) is 5.56 Å². The Labute approximate surface area is 185 Å². The van der Waals surface area contributed by atoms with E-state index in [0.29, 0.717) is 17.1 Å². The number of fused-ring (bicyclic) bond motifs is 4. The number of H-pyrrole nitrogens is 1. The summed E-state index contributed by atoms with van der Waals surface area (Å²) in [6, 6.07) is 19.5. The van der Waals surface area contributed by atoms with Crippen LogP contribution in [0.5, 0.6) is 5.75 Å². The lowest BCUT2D eigenvalue weighted by Crippen LogP contribution is -2.09. The average Bonchev–Trinajstić information content (AvgIpc) is 3.10. The zero-order chi connectivity index (χ0) is 22.5. The fourth-order valence-corrected chi connectivity index (χ4v) is 4.50. The molecule has 0 aliphatic rings. The van der Waals surface area contributed by atoms with E-state index in [0.717, 1.165) is 50.3 Å². The molecule has 2 aromatic heterocycles. The molecule has 5 aromatic rings. The second kappa shape index (κ2) is 7.42. The van der Waals surface area contributed by atoms with E-state index in [-0.39, 0.29) is 0 Å². The molecular formula is C24H22N4O3S. The number of aryl methyl sites for hydroxylation is 1. The minimum absolute atomic E-state index is 0.434. The van der Waals surface area contributed by atoms with Crippen molar-refractivity contribution in [2.24, 2.45) is 0 Å². The number of aromatic amines is 1. The normalized spacial score (nSPS) is 11.8. The first kappa shape index (κ1) is 20.1. The monoisotopic (exact) mass is 446 g/mol. The topological polar surface area (TPSA) is 96.1 Å². The van der Waals surface area contributed by atoms with E-state index in [1.54, 1.807) is 25.3 Å². The Morgan fingerprint density at radius 1 is 0.969 bits per heavy atom. The van der Waals surface area contributed by atoms with Gasteiger partial charge in [-0.2, -0.15) is 0 Å². The summed E-state index contributed by atoms with van der Waals surface area (Å²) in [5.41, 5.74) is 6.95. The number of hydrogen-bond acceptors (Lipinski definition) is 5. The number of methoxy groups -OCH3 is 1. The molecule has 2 heterocycles. The quantitative estimate of drug-likeness (QED) is 0.340. The van der Waals surface area contributed by atoms with Gasteiger partial charge in [-0.05, 0) is 48.9 Å². The molecule has 8 heteroatoms. The van der Waals surface area contributed by atoms with Gasteiger partial charge in [0.05, 0.1) is 52.5 Å². The molecule has 0 bridgehead atoms. The molecule has 162 valence electrons. The first-order valence-corrected chi connectivity index (χ1v) is 11.9. The highest BCUT2D eigenvalue weighted by Crippen LogP contribution is 2.37. The Bertz CT molecular complexity index is 1610. The summed E-state index contributed by atoms with van der Waals surface area (Å²) < 4.78 is 31.1. The number of nitrogens with zero attached hydrogens (tertiary/aromatic N) is 1. The van der Waals surface area contributed by atoms with Gasteiger partial charge in [0.1, 0.15) is 5.75 Å². The summed E-state index contributed by atoms with van der Waals surface area (Å²) in [7, 11) is -1.83. The van der Waals surface area contributed by atoms with Crippen LogP contribution >= 0.6 is 0 Å². The van der Waals surface area contributed by atoms with E-state index < -0.39 is 10.0 Å². The molecule has 0 saturated heterocycles. The maximum absolute atomic E-state index is 11.6. The van der Waals surface area contributed by atoms with Crippen LogP contribution in [0.2, 0.25) is 0 Å². The molecular weight excluding hydrogens is 424 g/mol. The third-order valence-electron chi connectivity index (χ3n) is 5.32. The fourth-order valence-electron chi connectivity index (χ4n) is 3.94. The van der Waals surface area contributed by atoms with Crippen LogP contribution in [0, 0.1) is 6.92 Å². The van der Waals surface area contributed by atoms with Crippen LogP contribution in [0.3, 0.4) is 0 Å². The maximum Gasteiger partial charge on any atom is 0.229 e. The van der Waals surface area contributed by atoms with Gasteiger partial charge in [-0.25, -0.2) is 13.4 Å². The lowest BCUT2D eigenvalue weighted by Gasteiger charge is -2.14. The van der Waals surface area contributed by atoms with E-state index in [1.165, 1.54) is 0 Å². The SMILES string of the molecule is COc1cc(NS(C)(=O)=O)ccc1Nc1cccc2[nH]c3cc4ccc(C)cc4nc3c12. The molecule has 3 N–H and O–H groups in total. The second-order valence-corrected chi connectivity index (χ2v) is 9.60. The summed E-state index contributed by atoms with van der Waals surface area (Å²) in [4.78, 5) is 8.41. The molecule has 0 amide bonds. The van der Waals surface area contributed by atoms with Crippen molar-refractivity contribution >= 4 is 59.9 Å². The van der Waals surface area contributed by atoms with Crippen LogP contribution < -0.4 is 14.8 Å². The number of sulfonamides is 1. The Hall–Kier alpha value is -3.78. The summed E-state index contributed by atoms with van der Waals surface area (Å²) in [6.45, 7) is 2.06. The highest BCUT2D eigenvalue weighted by molar-refractivity contribution is 7.92. The van der Waals surface area contributed by atoms with Crippen molar-refractivity contribution in [3.8, 4) is 5.75 Å². The summed E-state index contributed by atoms with van der Waals surface area (Å²) >= 11 is 0. The molecule has 0 aliphatic carbocycles. The van der Waals surface area contributed by atoms with Crippen molar-refractivity contribution in [1.29, 1.82) is 0 Å². The molecule has 0 atom stereocenters. The van der Waals surface area contributed by atoms with Crippen molar-refractivity contribution in [1.82, 2.24) is 9.97 Å². The van der Waals surface area contributed by atoms with Crippen molar-refractivity contribution in [2.45, 2.75) is 6.92 Å². The zero-order valence-electron chi connectivity index (χ0n) is 17.9. The van der Waals surface area contributed by atoms with Gasteiger partial charge in [0.15, 0.2) is 0 Å². The van der Waals surface area contributed by atoms with Crippen LogP contribution in [0.4, 0.5) is 17.1 Å². The summed E-state index contributed by atoms with van der Waals surface area (Å²) in [5, 5.41) is 5.49. The molecule has 32 heavy (non-hydrogen) atoms. The van der Waals surface area contributed by atoms with E-state index in [4.69, 9.17) is 9.72 Å². The van der Waals surface area contributed by atoms with Gasteiger partial charge in [0.25, 0.3) is 0 Å². The molecule has 3 aromatic carbocycles. The van der Waals surface area contributed by atoms with E-state index >= 15 is 0 Å². The number of anilines is 3. The van der Waals surface area contributed by atoms with Crippen molar-refractivity contribution < 1.29 is 13.2 Å². The minimum Gasteiger partial charge on any atom is -0.494 e. The number of benzene rings is 3. The highest BCUT2D eigenvalue weighted by atomic mass is 32.2. The van der Waals surface area contributed by atoms with Gasteiger partial charge in [0.2, 0.25) is 10.0 Å². The smallest absolute Gasteiger partial charge is 0.229 e. The maximum atomic E-state index is 11.6. The van der Waals surface area contributed by atoms with E-state index in [2.05, 4.69) is 46.2 Å². The van der Waals surface area contributed by atoms with Crippen molar-refractivity contribution in [3.63, 3.8) is 0 Å².